The molecule has 0 aliphatic carbocycles. The van der Waals surface area contributed by atoms with Crippen LogP contribution in [0.3, 0.4) is 0 Å². The van der Waals surface area contributed by atoms with Gasteiger partial charge in [0.1, 0.15) is 11.8 Å². The Balaban J connectivity index is 3.04. The van der Waals surface area contributed by atoms with Gasteiger partial charge in [-0.05, 0) is 12.1 Å². The third-order valence-electron chi connectivity index (χ3n) is 1.22. The lowest BCUT2D eigenvalue weighted by molar-refractivity contribution is 0.482. The minimum atomic E-state index is 0.521. The van der Waals surface area contributed by atoms with Crippen LogP contribution in [-0.4, -0.2) is 0 Å². The van der Waals surface area contributed by atoms with Gasteiger partial charge in [0.2, 0.25) is 0 Å². The van der Waals surface area contributed by atoms with Crippen molar-refractivity contribution in [3.8, 4) is 11.8 Å². The number of benzene rings is 1. The van der Waals surface area contributed by atoms with Gasteiger partial charge >= 0.3 is 0 Å². The van der Waals surface area contributed by atoms with Crippen molar-refractivity contribution in [3.63, 3.8) is 0 Å². The lowest BCUT2D eigenvalue weighted by Gasteiger charge is -1.99. The summed E-state index contributed by atoms with van der Waals surface area (Å²) in [5.74, 6) is 0.546. The van der Waals surface area contributed by atoms with Crippen molar-refractivity contribution >= 4 is 0 Å². The Hall–Kier alpha value is -1.75. The first-order valence-corrected chi connectivity index (χ1v) is 3.15. The number of hydrogen-bond donors (Lipinski definition) is 0. The van der Waals surface area contributed by atoms with E-state index in [0.29, 0.717) is 11.3 Å². The molecule has 0 saturated heterocycles. The van der Waals surface area contributed by atoms with E-state index in [4.69, 9.17) is 10.00 Å². The summed E-state index contributed by atoms with van der Waals surface area (Å²) in [6.07, 6.45) is 1.30. The van der Waals surface area contributed by atoms with Crippen LogP contribution in [0.5, 0.6) is 5.75 Å². The van der Waals surface area contributed by atoms with Gasteiger partial charge in [0, 0.05) is 0 Å². The molecule has 54 valence electrons. The van der Waals surface area contributed by atoms with Crippen LogP contribution in [0.15, 0.2) is 37.1 Å². The van der Waals surface area contributed by atoms with Gasteiger partial charge in [-0.1, -0.05) is 18.7 Å². The van der Waals surface area contributed by atoms with Gasteiger partial charge in [-0.2, -0.15) is 5.26 Å². The molecular formula is C9H7NO. The van der Waals surface area contributed by atoms with E-state index in [0.717, 1.165) is 0 Å². The molecule has 0 aromatic heterocycles. The van der Waals surface area contributed by atoms with E-state index in [-0.39, 0.29) is 0 Å². The van der Waals surface area contributed by atoms with Crippen molar-refractivity contribution < 1.29 is 4.74 Å². The molecule has 1 rings (SSSR count). The van der Waals surface area contributed by atoms with Crippen LogP contribution < -0.4 is 4.74 Å². The van der Waals surface area contributed by atoms with Crippen molar-refractivity contribution in [1.29, 1.82) is 5.26 Å². The molecule has 0 N–H and O–H groups in total. The second kappa shape index (κ2) is 3.43. The average molecular weight is 145 g/mol. The third-order valence-corrected chi connectivity index (χ3v) is 1.22. The summed E-state index contributed by atoms with van der Waals surface area (Å²) < 4.78 is 4.97. The normalized spacial score (nSPS) is 8.27. The highest BCUT2D eigenvalue weighted by molar-refractivity contribution is 5.42. The predicted octanol–water partition coefficient (Wildman–Crippen LogP) is 2.08. The van der Waals surface area contributed by atoms with Gasteiger partial charge in [0.15, 0.2) is 0 Å². The van der Waals surface area contributed by atoms with Crippen molar-refractivity contribution in [3.05, 3.63) is 42.7 Å². The Bertz CT molecular complexity index is 299. The fraction of sp³-hybridized carbons (Fsp3) is 0. The highest BCUT2D eigenvalue weighted by Crippen LogP contribution is 2.15. The first kappa shape index (κ1) is 7.36. The Morgan fingerprint density at radius 2 is 2.18 bits per heavy atom. The lowest BCUT2D eigenvalue weighted by Crippen LogP contribution is -1.84. The maximum absolute atomic E-state index is 8.58. The van der Waals surface area contributed by atoms with Crippen LogP contribution in [0.2, 0.25) is 0 Å². The summed E-state index contributed by atoms with van der Waals surface area (Å²) in [6, 6.07) is 9.01. The molecule has 1 aromatic carbocycles. The highest BCUT2D eigenvalue weighted by Gasteiger charge is 1.97. The number of nitriles is 1. The zero-order chi connectivity index (χ0) is 8.10. The highest BCUT2D eigenvalue weighted by atomic mass is 16.5. The molecule has 2 heteroatoms. The van der Waals surface area contributed by atoms with Gasteiger partial charge in [0.25, 0.3) is 0 Å². The van der Waals surface area contributed by atoms with E-state index >= 15 is 0 Å². The summed E-state index contributed by atoms with van der Waals surface area (Å²) in [4.78, 5) is 0. The first-order chi connectivity index (χ1) is 5.38. The summed E-state index contributed by atoms with van der Waals surface area (Å²) in [5.41, 5.74) is 0.521. The molecule has 0 amide bonds. The molecular weight excluding hydrogens is 138 g/mol. The van der Waals surface area contributed by atoms with Gasteiger partial charge < -0.3 is 4.74 Å². The Labute approximate surface area is 65.3 Å². The monoisotopic (exact) mass is 145 g/mol. The molecule has 0 radical (unpaired) electrons. The third kappa shape index (κ3) is 1.59. The van der Waals surface area contributed by atoms with Crippen LogP contribution in [0, 0.1) is 11.3 Å². The Morgan fingerprint density at radius 1 is 1.45 bits per heavy atom. The van der Waals surface area contributed by atoms with Crippen molar-refractivity contribution in [1.82, 2.24) is 0 Å². The predicted molar refractivity (Wildman–Crippen MR) is 42.0 cm³/mol. The number of para-hydroxylation sites is 1. The molecule has 0 fully saturated rings. The second-order valence-electron chi connectivity index (χ2n) is 1.89. The van der Waals surface area contributed by atoms with Crippen LogP contribution in [0.4, 0.5) is 0 Å². The van der Waals surface area contributed by atoms with Gasteiger partial charge in [-0.3, -0.25) is 0 Å². The Morgan fingerprint density at radius 3 is 2.82 bits per heavy atom. The van der Waals surface area contributed by atoms with Crippen LogP contribution in [-0.2, 0) is 0 Å². The summed E-state index contributed by atoms with van der Waals surface area (Å²) in [6.45, 7) is 3.40. The molecule has 0 spiro atoms. The lowest BCUT2D eigenvalue weighted by atomic mass is 10.2. The zero-order valence-corrected chi connectivity index (χ0v) is 5.95. The number of ether oxygens (including phenoxy) is 1. The van der Waals surface area contributed by atoms with E-state index in [2.05, 4.69) is 6.58 Å². The standard InChI is InChI=1S/C9H7NO/c1-2-11-9-6-4-3-5-8(9)7-10/h2-6H,1H2. The molecule has 0 bridgehead atoms. The topological polar surface area (TPSA) is 33.0 Å². The molecule has 1 aromatic rings. The maximum atomic E-state index is 8.58. The van der Waals surface area contributed by atoms with Gasteiger partial charge in [-0.25, -0.2) is 0 Å². The number of hydrogen-bond acceptors (Lipinski definition) is 2. The van der Waals surface area contributed by atoms with Crippen LogP contribution in [0.25, 0.3) is 0 Å². The molecule has 0 unspecified atom stereocenters. The number of nitrogens with zero attached hydrogens (tertiary/aromatic N) is 1. The SMILES string of the molecule is C=COc1ccccc1C#N. The molecule has 0 aliphatic heterocycles. The van der Waals surface area contributed by atoms with Crippen molar-refractivity contribution in [2.45, 2.75) is 0 Å². The second-order valence-corrected chi connectivity index (χ2v) is 1.89. The van der Waals surface area contributed by atoms with Gasteiger partial charge in [0.05, 0.1) is 11.8 Å². The van der Waals surface area contributed by atoms with E-state index in [9.17, 15) is 0 Å². The average Bonchev–Trinajstić information content (AvgIpc) is 2.06. The smallest absolute Gasteiger partial charge is 0.144 e. The number of rotatable bonds is 2. The molecule has 0 aliphatic rings. The van der Waals surface area contributed by atoms with E-state index in [1.165, 1.54) is 6.26 Å². The van der Waals surface area contributed by atoms with E-state index in [1.54, 1.807) is 24.3 Å². The summed E-state index contributed by atoms with van der Waals surface area (Å²) in [5, 5.41) is 8.58. The fourth-order valence-electron chi connectivity index (χ4n) is 0.752. The van der Waals surface area contributed by atoms with Gasteiger partial charge in [-0.15, -0.1) is 0 Å². The zero-order valence-electron chi connectivity index (χ0n) is 5.95. The fourth-order valence-corrected chi connectivity index (χ4v) is 0.752. The van der Waals surface area contributed by atoms with E-state index < -0.39 is 0 Å². The summed E-state index contributed by atoms with van der Waals surface area (Å²) in [7, 11) is 0. The quantitative estimate of drug-likeness (QED) is 0.597. The van der Waals surface area contributed by atoms with Crippen molar-refractivity contribution in [2.75, 3.05) is 0 Å². The molecule has 2 nitrogen and oxygen atoms in total. The maximum Gasteiger partial charge on any atom is 0.144 e. The van der Waals surface area contributed by atoms with Crippen LogP contribution >= 0.6 is 0 Å². The first-order valence-electron chi connectivity index (χ1n) is 3.15. The largest absolute Gasteiger partial charge is 0.464 e. The molecule has 11 heavy (non-hydrogen) atoms. The molecule has 0 saturated carbocycles. The minimum absolute atomic E-state index is 0.521. The molecule has 0 atom stereocenters. The van der Waals surface area contributed by atoms with Crippen molar-refractivity contribution in [2.24, 2.45) is 0 Å². The minimum Gasteiger partial charge on any atom is -0.464 e. The van der Waals surface area contributed by atoms with Crippen LogP contribution in [0.1, 0.15) is 5.56 Å². The molecule has 0 heterocycles. The summed E-state index contributed by atoms with van der Waals surface area (Å²) >= 11 is 0. The van der Waals surface area contributed by atoms with E-state index in [1.807, 2.05) is 6.07 Å². The Kier molecular flexibility index (Phi) is 2.29.